The number of hydrogen-bond donors (Lipinski definition) is 0. The van der Waals surface area contributed by atoms with E-state index in [9.17, 15) is 0 Å². The molecule has 11 heavy (non-hydrogen) atoms. The molecule has 0 aromatic heterocycles. The minimum atomic E-state index is 0.632. The molecular weight excluding hydrogens is 202 g/mol. The van der Waals surface area contributed by atoms with Crippen LogP contribution in [0.1, 0.15) is 32.6 Å². The monoisotopic (exact) mass is 219 g/mol. The van der Waals surface area contributed by atoms with E-state index in [1.165, 1.54) is 32.2 Å². The Morgan fingerprint density at radius 2 is 2.00 bits per heavy atom. The fourth-order valence-corrected chi connectivity index (χ4v) is 2.35. The summed E-state index contributed by atoms with van der Waals surface area (Å²) in [5.41, 5.74) is 0. The first-order valence-electron chi connectivity index (χ1n) is 4.54. The molecule has 0 heterocycles. The maximum Gasteiger partial charge on any atom is 0.0244 e. The summed E-state index contributed by atoms with van der Waals surface area (Å²) < 4.78 is 0. The van der Waals surface area contributed by atoms with Gasteiger partial charge < -0.3 is 4.90 Å². The average molecular weight is 220 g/mol. The molecule has 1 fully saturated rings. The van der Waals surface area contributed by atoms with Crippen LogP contribution in [0.15, 0.2) is 0 Å². The summed E-state index contributed by atoms with van der Waals surface area (Å²) in [6, 6.07) is 0.870. The van der Waals surface area contributed by atoms with Gasteiger partial charge in [0.05, 0.1) is 0 Å². The van der Waals surface area contributed by atoms with E-state index < -0.39 is 0 Å². The fourth-order valence-electron chi connectivity index (χ4n) is 1.89. The molecule has 0 aliphatic heterocycles. The van der Waals surface area contributed by atoms with E-state index in [2.05, 4.69) is 34.8 Å². The molecule has 1 nitrogen and oxygen atoms in total. The SMILES string of the molecule is CC(Br)CN(C)C1CCCC1. The van der Waals surface area contributed by atoms with Gasteiger partial charge in [-0.2, -0.15) is 0 Å². The van der Waals surface area contributed by atoms with Gasteiger partial charge in [-0.3, -0.25) is 0 Å². The van der Waals surface area contributed by atoms with E-state index in [1.54, 1.807) is 0 Å². The van der Waals surface area contributed by atoms with E-state index in [-0.39, 0.29) is 0 Å². The van der Waals surface area contributed by atoms with Gasteiger partial charge in [0.1, 0.15) is 0 Å². The van der Waals surface area contributed by atoms with Gasteiger partial charge in [-0.15, -0.1) is 0 Å². The van der Waals surface area contributed by atoms with Crippen LogP contribution in [-0.2, 0) is 0 Å². The molecule has 1 aliphatic rings. The smallest absolute Gasteiger partial charge is 0.0244 e. The second-order valence-corrected chi connectivity index (χ2v) is 5.22. The second kappa shape index (κ2) is 4.46. The minimum absolute atomic E-state index is 0.632. The van der Waals surface area contributed by atoms with Crippen LogP contribution in [0.25, 0.3) is 0 Å². The molecule has 1 saturated carbocycles. The van der Waals surface area contributed by atoms with Crippen molar-refractivity contribution in [3.63, 3.8) is 0 Å². The zero-order valence-electron chi connectivity index (χ0n) is 7.52. The van der Waals surface area contributed by atoms with Crippen LogP contribution in [0.4, 0.5) is 0 Å². The highest BCUT2D eigenvalue weighted by atomic mass is 79.9. The number of hydrogen-bond acceptors (Lipinski definition) is 1. The highest BCUT2D eigenvalue weighted by Crippen LogP contribution is 2.22. The van der Waals surface area contributed by atoms with Crippen molar-refractivity contribution in [2.45, 2.75) is 43.5 Å². The van der Waals surface area contributed by atoms with Gasteiger partial charge in [0, 0.05) is 17.4 Å². The minimum Gasteiger partial charge on any atom is -0.302 e. The molecule has 1 aliphatic carbocycles. The summed E-state index contributed by atoms with van der Waals surface area (Å²) in [5, 5.41) is 0. The molecule has 0 N–H and O–H groups in total. The summed E-state index contributed by atoms with van der Waals surface area (Å²) >= 11 is 3.58. The Kier molecular flexibility index (Phi) is 3.86. The summed E-state index contributed by atoms with van der Waals surface area (Å²) in [6.45, 7) is 3.40. The highest BCUT2D eigenvalue weighted by Gasteiger charge is 2.19. The Morgan fingerprint density at radius 3 is 2.45 bits per heavy atom. The van der Waals surface area contributed by atoms with Gasteiger partial charge in [-0.05, 0) is 19.9 Å². The third kappa shape index (κ3) is 3.12. The number of halogens is 1. The summed E-state index contributed by atoms with van der Waals surface area (Å²) in [5.74, 6) is 0. The van der Waals surface area contributed by atoms with Crippen LogP contribution >= 0.6 is 15.9 Å². The van der Waals surface area contributed by atoms with E-state index in [0.29, 0.717) is 4.83 Å². The normalized spacial score (nSPS) is 22.9. The van der Waals surface area contributed by atoms with Gasteiger partial charge >= 0.3 is 0 Å². The van der Waals surface area contributed by atoms with E-state index in [0.717, 1.165) is 6.04 Å². The van der Waals surface area contributed by atoms with Gasteiger partial charge in [-0.25, -0.2) is 0 Å². The van der Waals surface area contributed by atoms with Crippen molar-refractivity contribution in [2.75, 3.05) is 13.6 Å². The molecule has 0 bridgehead atoms. The Bertz CT molecular complexity index is 108. The lowest BCUT2D eigenvalue weighted by Crippen LogP contribution is -2.33. The van der Waals surface area contributed by atoms with Crippen molar-refractivity contribution >= 4 is 15.9 Å². The Hall–Kier alpha value is 0.440. The summed E-state index contributed by atoms with van der Waals surface area (Å²) in [4.78, 5) is 3.12. The average Bonchev–Trinajstić information content (AvgIpc) is 2.35. The molecule has 0 saturated heterocycles. The predicted molar refractivity (Wildman–Crippen MR) is 53.3 cm³/mol. The van der Waals surface area contributed by atoms with Crippen LogP contribution in [-0.4, -0.2) is 29.4 Å². The van der Waals surface area contributed by atoms with E-state index >= 15 is 0 Å². The molecule has 2 heteroatoms. The summed E-state index contributed by atoms with van der Waals surface area (Å²) in [6.07, 6.45) is 5.70. The molecule has 0 aromatic carbocycles. The van der Waals surface area contributed by atoms with Gasteiger partial charge in [0.2, 0.25) is 0 Å². The molecule has 1 unspecified atom stereocenters. The second-order valence-electron chi connectivity index (χ2n) is 3.66. The molecular formula is C9H18BrN. The van der Waals surface area contributed by atoms with Crippen LogP contribution < -0.4 is 0 Å². The van der Waals surface area contributed by atoms with Crippen molar-refractivity contribution in [2.24, 2.45) is 0 Å². The Labute approximate surface area is 78.3 Å². The van der Waals surface area contributed by atoms with Crippen molar-refractivity contribution < 1.29 is 0 Å². The molecule has 66 valence electrons. The van der Waals surface area contributed by atoms with E-state index in [4.69, 9.17) is 0 Å². The fraction of sp³-hybridized carbons (Fsp3) is 1.00. The zero-order chi connectivity index (χ0) is 8.27. The lowest BCUT2D eigenvalue weighted by atomic mass is 10.2. The van der Waals surface area contributed by atoms with Crippen molar-refractivity contribution in [1.29, 1.82) is 0 Å². The van der Waals surface area contributed by atoms with E-state index in [1.807, 2.05) is 0 Å². The van der Waals surface area contributed by atoms with Gasteiger partial charge in [0.15, 0.2) is 0 Å². The van der Waals surface area contributed by atoms with Crippen LogP contribution in [0.2, 0.25) is 0 Å². The molecule has 0 aromatic rings. The molecule has 0 spiro atoms. The highest BCUT2D eigenvalue weighted by molar-refractivity contribution is 9.09. The first-order valence-corrected chi connectivity index (χ1v) is 5.46. The van der Waals surface area contributed by atoms with Crippen molar-refractivity contribution in [3.8, 4) is 0 Å². The maximum absolute atomic E-state index is 3.58. The first-order chi connectivity index (χ1) is 5.20. The largest absolute Gasteiger partial charge is 0.302 e. The predicted octanol–water partition coefficient (Wildman–Crippen LogP) is 2.64. The quantitative estimate of drug-likeness (QED) is 0.661. The van der Waals surface area contributed by atoms with Gasteiger partial charge in [0.25, 0.3) is 0 Å². The topological polar surface area (TPSA) is 3.24 Å². The van der Waals surface area contributed by atoms with Crippen molar-refractivity contribution in [3.05, 3.63) is 0 Å². The maximum atomic E-state index is 3.58. The zero-order valence-corrected chi connectivity index (χ0v) is 9.10. The standard InChI is InChI=1S/C9H18BrN/c1-8(10)7-11(2)9-5-3-4-6-9/h8-9H,3-7H2,1-2H3. The third-order valence-corrected chi connectivity index (χ3v) is 2.78. The van der Waals surface area contributed by atoms with Crippen LogP contribution in [0, 0.1) is 0 Å². The lowest BCUT2D eigenvalue weighted by Gasteiger charge is -2.24. The molecule has 0 radical (unpaired) electrons. The molecule has 1 rings (SSSR count). The number of nitrogens with zero attached hydrogens (tertiary/aromatic N) is 1. The van der Waals surface area contributed by atoms with Crippen LogP contribution in [0.5, 0.6) is 0 Å². The Balaban J connectivity index is 2.22. The first kappa shape index (κ1) is 9.53. The molecule has 1 atom stereocenters. The lowest BCUT2D eigenvalue weighted by molar-refractivity contribution is 0.250. The molecule has 0 amide bonds. The van der Waals surface area contributed by atoms with Gasteiger partial charge in [-0.1, -0.05) is 35.7 Å². The Morgan fingerprint density at radius 1 is 1.45 bits per heavy atom. The number of alkyl halides is 1. The summed E-state index contributed by atoms with van der Waals surface area (Å²) in [7, 11) is 2.24. The van der Waals surface area contributed by atoms with Crippen molar-refractivity contribution in [1.82, 2.24) is 4.90 Å². The number of rotatable bonds is 3. The third-order valence-electron chi connectivity index (χ3n) is 2.49. The van der Waals surface area contributed by atoms with Crippen LogP contribution in [0.3, 0.4) is 0 Å².